The molecule has 0 aliphatic rings. The lowest BCUT2D eigenvalue weighted by atomic mass is 10.2. The summed E-state index contributed by atoms with van der Waals surface area (Å²) in [7, 11) is 0. The number of nitrogens with one attached hydrogen (secondary N) is 1. The summed E-state index contributed by atoms with van der Waals surface area (Å²) in [5.41, 5.74) is 1.64. The maximum absolute atomic E-state index is 11.7. The van der Waals surface area contributed by atoms with Crippen LogP contribution in [0.5, 0.6) is 0 Å². The Kier molecular flexibility index (Phi) is 6.65. The van der Waals surface area contributed by atoms with E-state index in [2.05, 4.69) is 5.32 Å². The summed E-state index contributed by atoms with van der Waals surface area (Å²) in [4.78, 5) is 23.1. The largest absolute Gasteiger partial charge is 0.452 e. The fourth-order valence-electron chi connectivity index (χ4n) is 1.63. The van der Waals surface area contributed by atoms with Crippen LogP contribution in [0.25, 0.3) is 6.08 Å². The first-order chi connectivity index (χ1) is 11.0. The summed E-state index contributed by atoms with van der Waals surface area (Å²) >= 11 is 13.3. The van der Waals surface area contributed by atoms with Crippen molar-refractivity contribution < 1.29 is 14.3 Å². The number of amides is 1. The van der Waals surface area contributed by atoms with Crippen LogP contribution in [0.15, 0.2) is 41.1 Å². The van der Waals surface area contributed by atoms with Gasteiger partial charge in [0.15, 0.2) is 6.61 Å². The first kappa shape index (κ1) is 17.5. The van der Waals surface area contributed by atoms with Crippen LogP contribution in [0.2, 0.25) is 10.0 Å². The van der Waals surface area contributed by atoms with E-state index in [4.69, 9.17) is 27.9 Å². The molecule has 1 amide bonds. The van der Waals surface area contributed by atoms with Crippen LogP contribution in [0.3, 0.4) is 0 Å². The van der Waals surface area contributed by atoms with Crippen molar-refractivity contribution in [1.29, 1.82) is 0 Å². The Bertz CT molecular complexity index is 714. The molecule has 0 aliphatic heterocycles. The maximum atomic E-state index is 11.7. The zero-order chi connectivity index (χ0) is 16.7. The van der Waals surface area contributed by atoms with Crippen molar-refractivity contribution in [3.63, 3.8) is 0 Å². The van der Waals surface area contributed by atoms with Gasteiger partial charge in [0, 0.05) is 22.7 Å². The number of hydrogen-bond acceptors (Lipinski definition) is 4. The second kappa shape index (κ2) is 8.72. The second-order valence-corrected chi connectivity index (χ2v) is 6.13. The second-order valence-electron chi connectivity index (χ2n) is 4.51. The van der Waals surface area contributed by atoms with Gasteiger partial charge in [-0.3, -0.25) is 4.79 Å². The Morgan fingerprint density at radius 1 is 1.26 bits per heavy atom. The lowest BCUT2D eigenvalue weighted by Gasteiger charge is -2.07. The van der Waals surface area contributed by atoms with Gasteiger partial charge in [0.05, 0.1) is 0 Å². The average molecular weight is 370 g/mol. The molecular weight excluding hydrogens is 357 g/mol. The third-order valence-corrected chi connectivity index (χ3v) is 4.08. The van der Waals surface area contributed by atoms with E-state index < -0.39 is 11.9 Å². The van der Waals surface area contributed by atoms with Crippen molar-refractivity contribution >= 4 is 52.5 Å². The minimum atomic E-state index is -0.573. The minimum Gasteiger partial charge on any atom is -0.452 e. The van der Waals surface area contributed by atoms with E-state index in [-0.39, 0.29) is 13.2 Å². The Morgan fingerprint density at radius 2 is 2.09 bits per heavy atom. The fourth-order valence-corrected chi connectivity index (χ4v) is 2.73. The van der Waals surface area contributed by atoms with Gasteiger partial charge in [-0.05, 0) is 46.2 Å². The molecule has 0 radical (unpaired) electrons. The molecule has 0 saturated carbocycles. The van der Waals surface area contributed by atoms with Crippen molar-refractivity contribution in [2.45, 2.75) is 6.54 Å². The van der Waals surface area contributed by atoms with Crippen LogP contribution in [0.1, 0.15) is 11.1 Å². The molecule has 0 aliphatic carbocycles. The van der Waals surface area contributed by atoms with Gasteiger partial charge in [-0.25, -0.2) is 4.79 Å². The quantitative estimate of drug-likeness (QED) is 0.619. The lowest BCUT2D eigenvalue weighted by molar-refractivity contribution is -0.143. The summed E-state index contributed by atoms with van der Waals surface area (Å²) in [6.07, 6.45) is 2.91. The molecule has 2 rings (SSSR count). The molecule has 7 heteroatoms. The molecule has 1 aromatic heterocycles. The predicted octanol–water partition coefficient (Wildman–Crippen LogP) is 3.93. The van der Waals surface area contributed by atoms with Gasteiger partial charge in [-0.2, -0.15) is 11.3 Å². The van der Waals surface area contributed by atoms with Crippen molar-refractivity contribution in [2.75, 3.05) is 6.61 Å². The maximum Gasteiger partial charge on any atom is 0.331 e. The van der Waals surface area contributed by atoms with Gasteiger partial charge in [0.1, 0.15) is 0 Å². The van der Waals surface area contributed by atoms with Gasteiger partial charge < -0.3 is 10.1 Å². The SMILES string of the molecule is O=C(COC(=O)/C=C/c1ccsc1)NCc1ccc(Cl)cc1Cl. The van der Waals surface area contributed by atoms with Crippen molar-refractivity contribution in [3.05, 3.63) is 62.3 Å². The molecule has 1 heterocycles. The van der Waals surface area contributed by atoms with E-state index in [0.717, 1.165) is 11.1 Å². The van der Waals surface area contributed by atoms with Crippen LogP contribution >= 0.6 is 34.5 Å². The molecule has 2 aromatic rings. The number of hydrogen-bond donors (Lipinski definition) is 1. The van der Waals surface area contributed by atoms with Gasteiger partial charge in [0.25, 0.3) is 5.91 Å². The molecule has 0 spiro atoms. The number of ether oxygens (including phenoxy) is 1. The Hall–Kier alpha value is -1.82. The number of halogens is 2. The normalized spacial score (nSPS) is 10.7. The fraction of sp³-hybridized carbons (Fsp3) is 0.125. The van der Waals surface area contributed by atoms with Crippen molar-refractivity contribution in [2.24, 2.45) is 0 Å². The highest BCUT2D eigenvalue weighted by molar-refractivity contribution is 7.08. The molecule has 0 fully saturated rings. The zero-order valence-corrected chi connectivity index (χ0v) is 14.3. The van der Waals surface area contributed by atoms with Gasteiger partial charge in [0.2, 0.25) is 0 Å². The third kappa shape index (κ3) is 6.06. The summed E-state index contributed by atoms with van der Waals surface area (Å²) in [6.45, 7) is -0.116. The van der Waals surface area contributed by atoms with E-state index >= 15 is 0 Å². The molecule has 1 N–H and O–H groups in total. The van der Waals surface area contributed by atoms with Crippen LogP contribution < -0.4 is 5.32 Å². The van der Waals surface area contributed by atoms with Gasteiger partial charge in [-0.1, -0.05) is 29.3 Å². The minimum absolute atomic E-state index is 0.233. The molecule has 1 aromatic carbocycles. The van der Waals surface area contributed by atoms with Crippen molar-refractivity contribution in [1.82, 2.24) is 5.32 Å². The van der Waals surface area contributed by atoms with Gasteiger partial charge in [-0.15, -0.1) is 0 Å². The average Bonchev–Trinajstić information content (AvgIpc) is 3.03. The standard InChI is InChI=1S/C16H13Cl2NO3S/c17-13-3-2-12(14(18)7-13)8-19-15(20)9-22-16(21)4-1-11-5-6-23-10-11/h1-7,10H,8-9H2,(H,19,20)/b4-1+. The number of esters is 1. The number of carbonyl (C=O) groups is 2. The topological polar surface area (TPSA) is 55.4 Å². The highest BCUT2D eigenvalue weighted by atomic mass is 35.5. The number of carbonyl (C=O) groups excluding carboxylic acids is 2. The van der Waals surface area contributed by atoms with Crippen LogP contribution in [-0.4, -0.2) is 18.5 Å². The Morgan fingerprint density at radius 3 is 2.78 bits per heavy atom. The van der Waals surface area contributed by atoms with E-state index in [1.807, 2.05) is 16.8 Å². The predicted molar refractivity (Wildman–Crippen MR) is 92.6 cm³/mol. The zero-order valence-electron chi connectivity index (χ0n) is 11.9. The summed E-state index contributed by atoms with van der Waals surface area (Å²) in [5, 5.41) is 7.41. The third-order valence-electron chi connectivity index (χ3n) is 2.79. The van der Waals surface area contributed by atoms with Gasteiger partial charge >= 0.3 is 5.97 Å². The molecule has 120 valence electrons. The molecule has 0 unspecified atom stereocenters. The van der Waals surface area contributed by atoms with Crippen LogP contribution in [0, 0.1) is 0 Å². The molecule has 0 atom stereocenters. The van der Waals surface area contributed by atoms with Crippen molar-refractivity contribution in [3.8, 4) is 0 Å². The van der Waals surface area contributed by atoms with Crippen LogP contribution in [0.4, 0.5) is 0 Å². The number of benzene rings is 1. The molecule has 0 saturated heterocycles. The smallest absolute Gasteiger partial charge is 0.331 e. The first-order valence-corrected chi connectivity index (χ1v) is 8.32. The number of thiophene rings is 1. The van der Waals surface area contributed by atoms with E-state index in [9.17, 15) is 9.59 Å². The summed E-state index contributed by atoms with van der Waals surface area (Å²) in [6, 6.07) is 6.88. The molecular formula is C16H13Cl2NO3S. The Balaban J connectivity index is 1.73. The molecule has 0 bridgehead atoms. The summed E-state index contributed by atoms with van der Waals surface area (Å²) < 4.78 is 4.85. The highest BCUT2D eigenvalue weighted by Crippen LogP contribution is 2.20. The van der Waals surface area contributed by atoms with E-state index in [1.54, 1.807) is 24.3 Å². The highest BCUT2D eigenvalue weighted by Gasteiger charge is 2.07. The lowest BCUT2D eigenvalue weighted by Crippen LogP contribution is -2.28. The molecule has 4 nitrogen and oxygen atoms in total. The summed E-state index contributed by atoms with van der Waals surface area (Å²) in [5.74, 6) is -0.982. The first-order valence-electron chi connectivity index (χ1n) is 6.62. The number of rotatable bonds is 6. The van der Waals surface area contributed by atoms with Crippen LogP contribution in [-0.2, 0) is 20.9 Å². The van der Waals surface area contributed by atoms with E-state index in [0.29, 0.717) is 10.0 Å². The van der Waals surface area contributed by atoms with E-state index in [1.165, 1.54) is 17.4 Å². The molecule has 23 heavy (non-hydrogen) atoms. The Labute approximate surface area is 147 Å². The monoisotopic (exact) mass is 369 g/mol.